The van der Waals surface area contributed by atoms with Gasteiger partial charge >= 0.3 is 0 Å². The third-order valence-corrected chi connectivity index (χ3v) is 7.30. The molecule has 0 radical (unpaired) electrons. The van der Waals surface area contributed by atoms with E-state index >= 15 is 0 Å². The van der Waals surface area contributed by atoms with Crippen molar-refractivity contribution in [3.05, 3.63) is 68.2 Å². The van der Waals surface area contributed by atoms with Crippen LogP contribution in [-0.4, -0.2) is 28.7 Å². The second-order valence-electron chi connectivity index (χ2n) is 7.35. The minimum Gasteiger partial charge on any atom is -0.486 e. The highest BCUT2D eigenvalue weighted by molar-refractivity contribution is 7.18. The molecule has 0 saturated heterocycles. The van der Waals surface area contributed by atoms with E-state index in [1.165, 1.54) is 22.2 Å². The van der Waals surface area contributed by atoms with E-state index in [1.54, 1.807) is 16.2 Å². The lowest BCUT2D eigenvalue weighted by molar-refractivity contribution is -0.119. The van der Waals surface area contributed by atoms with E-state index < -0.39 is 0 Å². The maximum absolute atomic E-state index is 13.4. The zero-order valence-corrected chi connectivity index (χ0v) is 19.1. The molecule has 0 atom stereocenters. The molecule has 164 valence electrons. The summed E-state index contributed by atoms with van der Waals surface area (Å²) in [5.41, 5.74) is 0.496. The van der Waals surface area contributed by atoms with E-state index in [-0.39, 0.29) is 18.0 Å². The zero-order chi connectivity index (χ0) is 22.1. The number of carbonyl (C=O) groups is 1. The summed E-state index contributed by atoms with van der Waals surface area (Å²) < 4.78 is 12.7. The van der Waals surface area contributed by atoms with E-state index in [0.717, 1.165) is 16.2 Å². The van der Waals surface area contributed by atoms with Gasteiger partial charge in [-0.25, -0.2) is 4.98 Å². The number of hydrogen-bond acceptors (Lipinski definition) is 7. The Morgan fingerprint density at radius 2 is 2.00 bits per heavy atom. The Morgan fingerprint density at radius 3 is 2.78 bits per heavy atom. The molecule has 0 fully saturated rings. The molecule has 3 aromatic heterocycles. The van der Waals surface area contributed by atoms with Crippen molar-refractivity contribution in [1.82, 2.24) is 9.55 Å². The molecule has 7 nitrogen and oxygen atoms in total. The summed E-state index contributed by atoms with van der Waals surface area (Å²) in [4.78, 5) is 35.3. The molecule has 0 aliphatic carbocycles. The summed E-state index contributed by atoms with van der Waals surface area (Å²) in [5, 5.41) is 2.54. The molecule has 1 aromatic carbocycles. The van der Waals surface area contributed by atoms with Crippen LogP contribution in [0, 0.1) is 0 Å². The molecule has 0 saturated carbocycles. The van der Waals surface area contributed by atoms with E-state index in [2.05, 4.69) is 4.98 Å². The number of carbonyl (C=O) groups excluding carboxylic acids is 1. The lowest BCUT2D eigenvalue weighted by Crippen LogP contribution is -2.36. The first-order chi connectivity index (χ1) is 15.6. The van der Waals surface area contributed by atoms with Crippen molar-refractivity contribution in [2.24, 2.45) is 0 Å². The third-order valence-electron chi connectivity index (χ3n) is 5.26. The molecule has 4 aromatic rings. The Labute approximate surface area is 192 Å². The fourth-order valence-electron chi connectivity index (χ4n) is 3.61. The summed E-state index contributed by atoms with van der Waals surface area (Å²) in [6.45, 7) is 3.32. The number of hydrogen-bond donors (Lipinski definition) is 0. The number of benzene rings is 1. The second kappa shape index (κ2) is 8.76. The fourth-order valence-corrected chi connectivity index (χ4v) is 5.23. The number of thiophene rings is 2. The van der Waals surface area contributed by atoms with Crippen LogP contribution in [-0.2, 0) is 24.3 Å². The highest BCUT2D eigenvalue weighted by Gasteiger charge is 2.21. The minimum atomic E-state index is -0.204. The molecule has 0 spiro atoms. The molecule has 0 unspecified atom stereocenters. The number of nitrogens with zero attached hydrogens (tertiary/aromatic N) is 3. The summed E-state index contributed by atoms with van der Waals surface area (Å²) in [6.07, 6.45) is 2.31. The highest BCUT2D eigenvalue weighted by atomic mass is 32.1. The van der Waals surface area contributed by atoms with Crippen molar-refractivity contribution < 1.29 is 14.3 Å². The highest BCUT2D eigenvalue weighted by Crippen LogP contribution is 2.35. The van der Waals surface area contributed by atoms with Crippen LogP contribution in [0.5, 0.6) is 11.5 Å². The number of aryl methyl sites for hydroxylation is 1. The van der Waals surface area contributed by atoms with Crippen LogP contribution >= 0.6 is 22.7 Å². The molecule has 1 amide bonds. The van der Waals surface area contributed by atoms with Crippen molar-refractivity contribution in [3.63, 3.8) is 0 Å². The van der Waals surface area contributed by atoms with Gasteiger partial charge in [-0.05, 0) is 36.1 Å². The largest absolute Gasteiger partial charge is 0.486 e. The summed E-state index contributed by atoms with van der Waals surface area (Å²) in [7, 11) is 0. The van der Waals surface area contributed by atoms with Crippen molar-refractivity contribution in [3.8, 4) is 11.5 Å². The zero-order valence-electron chi connectivity index (χ0n) is 17.4. The molecule has 4 heterocycles. The van der Waals surface area contributed by atoms with Gasteiger partial charge in [-0.2, -0.15) is 0 Å². The maximum atomic E-state index is 13.4. The lowest BCUT2D eigenvalue weighted by atomic mass is 10.2. The van der Waals surface area contributed by atoms with Gasteiger partial charge in [-0.1, -0.05) is 13.0 Å². The Bertz CT molecular complexity index is 1330. The Balaban J connectivity index is 1.47. The van der Waals surface area contributed by atoms with Gasteiger partial charge in [-0.15, -0.1) is 22.7 Å². The van der Waals surface area contributed by atoms with Crippen LogP contribution in [0.4, 0.5) is 5.69 Å². The molecule has 0 N–H and O–H groups in total. The Hall–Kier alpha value is -3.17. The first-order valence-corrected chi connectivity index (χ1v) is 12.0. The smallest absolute Gasteiger partial charge is 0.262 e. The molecule has 5 rings (SSSR count). The monoisotopic (exact) mass is 467 g/mol. The van der Waals surface area contributed by atoms with Crippen LogP contribution in [0.25, 0.3) is 10.2 Å². The average Bonchev–Trinajstić information content (AvgIpc) is 3.49. The van der Waals surface area contributed by atoms with Crippen molar-refractivity contribution >= 4 is 44.5 Å². The first kappa shape index (κ1) is 20.7. The predicted molar refractivity (Wildman–Crippen MR) is 126 cm³/mol. The molecule has 1 aliphatic heterocycles. The van der Waals surface area contributed by atoms with Gasteiger partial charge in [0.25, 0.3) is 5.56 Å². The molecule has 9 heteroatoms. The van der Waals surface area contributed by atoms with Gasteiger partial charge < -0.3 is 14.4 Å². The van der Waals surface area contributed by atoms with Gasteiger partial charge in [-0.3, -0.25) is 14.2 Å². The topological polar surface area (TPSA) is 73.7 Å². The summed E-state index contributed by atoms with van der Waals surface area (Å²) in [6, 6.07) is 11.3. The second-order valence-corrected chi connectivity index (χ2v) is 9.50. The fraction of sp³-hybridized carbons (Fsp3) is 0.261. The van der Waals surface area contributed by atoms with Crippen LogP contribution < -0.4 is 19.9 Å². The van der Waals surface area contributed by atoms with Crippen LogP contribution in [0.3, 0.4) is 0 Å². The molecular weight excluding hydrogens is 446 g/mol. The van der Waals surface area contributed by atoms with Gasteiger partial charge in [0.05, 0.1) is 18.3 Å². The minimum absolute atomic E-state index is 0.0983. The van der Waals surface area contributed by atoms with E-state index in [4.69, 9.17) is 9.47 Å². The average molecular weight is 468 g/mol. The number of aromatic nitrogens is 2. The quantitative estimate of drug-likeness (QED) is 0.427. The number of fused-ring (bicyclic) bond motifs is 2. The van der Waals surface area contributed by atoms with Crippen LogP contribution in [0.1, 0.15) is 16.7 Å². The Kier molecular flexibility index (Phi) is 5.67. The Morgan fingerprint density at radius 1 is 1.16 bits per heavy atom. The van der Waals surface area contributed by atoms with E-state index in [0.29, 0.717) is 47.2 Å². The van der Waals surface area contributed by atoms with E-state index in [1.807, 2.05) is 48.7 Å². The standard InChI is InChI=1S/C23H21N3O4S2/c1-2-16-11-18-22(32-16)24-14-25(23(18)28)13-21(27)26(12-17-4-3-9-31-17)15-5-6-19-20(10-15)30-8-7-29-19/h3-6,9-11,14H,2,7-8,12-13H2,1H3. The van der Waals surface area contributed by atoms with Crippen LogP contribution in [0.15, 0.2) is 52.9 Å². The molecule has 1 aliphatic rings. The number of ether oxygens (including phenoxy) is 2. The number of anilines is 1. The molecule has 0 bridgehead atoms. The van der Waals surface area contributed by atoms with Gasteiger partial charge in [0, 0.05) is 21.5 Å². The van der Waals surface area contributed by atoms with Gasteiger partial charge in [0.2, 0.25) is 5.91 Å². The van der Waals surface area contributed by atoms with Crippen molar-refractivity contribution in [1.29, 1.82) is 0 Å². The number of amides is 1. The normalized spacial score (nSPS) is 12.8. The van der Waals surface area contributed by atoms with Crippen molar-refractivity contribution in [2.75, 3.05) is 18.1 Å². The van der Waals surface area contributed by atoms with Gasteiger partial charge in [0.1, 0.15) is 24.6 Å². The van der Waals surface area contributed by atoms with E-state index in [9.17, 15) is 9.59 Å². The maximum Gasteiger partial charge on any atom is 0.262 e. The van der Waals surface area contributed by atoms with Crippen molar-refractivity contribution in [2.45, 2.75) is 26.4 Å². The van der Waals surface area contributed by atoms with Crippen LogP contribution in [0.2, 0.25) is 0 Å². The summed E-state index contributed by atoms with van der Waals surface area (Å²) in [5.74, 6) is 1.08. The lowest BCUT2D eigenvalue weighted by Gasteiger charge is -2.25. The molecule has 32 heavy (non-hydrogen) atoms. The predicted octanol–water partition coefficient (Wildman–Crippen LogP) is 4.09. The van der Waals surface area contributed by atoms with Gasteiger partial charge in [0.15, 0.2) is 11.5 Å². The third kappa shape index (κ3) is 4.01. The summed E-state index contributed by atoms with van der Waals surface area (Å²) >= 11 is 3.09. The number of rotatable bonds is 6. The SMILES string of the molecule is CCc1cc2c(=O)n(CC(=O)N(Cc3cccs3)c3ccc4c(c3)OCCO4)cnc2s1. The molecular formula is C23H21N3O4S2. The first-order valence-electron chi connectivity index (χ1n) is 10.3.